The van der Waals surface area contributed by atoms with Crippen LogP contribution in [0.1, 0.15) is 77.0 Å². The molecule has 0 aliphatic carbocycles. The van der Waals surface area contributed by atoms with Crippen molar-refractivity contribution in [2.75, 3.05) is 0 Å². The van der Waals surface area contributed by atoms with Gasteiger partial charge in [0.15, 0.2) is 0 Å². The molecule has 0 atom stereocenters. The van der Waals surface area contributed by atoms with Gasteiger partial charge in [0.25, 0.3) is 0 Å². The Morgan fingerprint density at radius 3 is 0.733 bits per heavy atom. The van der Waals surface area contributed by atoms with E-state index in [1.54, 1.807) is 0 Å². The fourth-order valence-electron chi connectivity index (χ4n) is 10.3. The van der Waals surface area contributed by atoms with Gasteiger partial charge in [-0.1, -0.05) is 0 Å². The molecule has 0 aromatic carbocycles. The fraction of sp³-hybridized carbons (Fsp3) is 1.00. The fourth-order valence-corrected chi connectivity index (χ4v) is 10.3. The molecule has 12 heterocycles. The molecule has 30 heavy (non-hydrogen) atoms. The summed E-state index contributed by atoms with van der Waals surface area (Å²) in [5, 5.41) is 11.9. The smallest absolute Gasteiger partial charge is 0.0609 e. The number of rotatable bonds is 2. The molecule has 0 spiro atoms. The van der Waals surface area contributed by atoms with Crippen molar-refractivity contribution in [3.8, 4) is 0 Å². The molecular weight excluding hydrogens is 376 g/mol. The second-order valence-electron chi connectivity index (χ2n) is 12.3. The maximum absolute atomic E-state index is 6.24. The van der Waals surface area contributed by atoms with Crippen LogP contribution in [0.4, 0.5) is 0 Å². The van der Waals surface area contributed by atoms with Gasteiger partial charge in [0.1, 0.15) is 0 Å². The summed E-state index contributed by atoms with van der Waals surface area (Å²) in [4.78, 5) is 0. The second-order valence-corrected chi connectivity index (χ2v) is 12.3. The molecule has 0 aromatic rings. The first kappa shape index (κ1) is 17.3. The minimum absolute atomic E-state index is 0.575. The van der Waals surface area contributed by atoms with E-state index in [2.05, 4.69) is 20.0 Å². The summed E-state index contributed by atoms with van der Waals surface area (Å²) in [5.74, 6) is 0. The largest absolute Gasteiger partial charge is 0.375 e. The van der Waals surface area contributed by atoms with Gasteiger partial charge in [-0.15, -0.1) is 0 Å². The number of hydrogen-bond acceptors (Lipinski definition) is 6. The number of ether oxygens (including phenoxy) is 2. The molecule has 0 amide bonds. The second kappa shape index (κ2) is 5.81. The molecule has 12 saturated heterocycles. The molecule has 0 saturated carbocycles. The molecular formula is C24H36N4O2. The summed E-state index contributed by atoms with van der Waals surface area (Å²) < 4.78 is 12.5. The molecule has 0 N–H and O–H groups in total. The van der Waals surface area contributed by atoms with Crippen LogP contribution in [0.25, 0.3) is 0 Å². The Balaban J connectivity index is 0.992. The molecule has 12 aliphatic heterocycles. The summed E-state index contributed by atoms with van der Waals surface area (Å²) in [6.45, 7) is 0. The van der Waals surface area contributed by atoms with Crippen LogP contribution < -0.4 is 0 Å². The van der Waals surface area contributed by atoms with Gasteiger partial charge in [-0.25, -0.2) is 20.0 Å². The first-order valence-corrected chi connectivity index (χ1v) is 13.2. The topological polar surface area (TPSA) is 31.4 Å². The van der Waals surface area contributed by atoms with Crippen molar-refractivity contribution in [2.45, 2.75) is 150 Å². The highest BCUT2D eigenvalue weighted by molar-refractivity contribution is 5.11. The lowest BCUT2D eigenvalue weighted by atomic mass is 9.72. The molecule has 12 aliphatic rings. The van der Waals surface area contributed by atoms with E-state index in [0.717, 1.165) is 48.3 Å². The number of hydrazine groups is 2. The molecule has 0 unspecified atom stereocenters. The molecule has 12 rings (SSSR count). The summed E-state index contributed by atoms with van der Waals surface area (Å²) >= 11 is 0. The highest BCUT2D eigenvalue weighted by Gasteiger charge is 2.61. The summed E-state index contributed by atoms with van der Waals surface area (Å²) in [6.07, 6.45) is 18.3. The van der Waals surface area contributed by atoms with Crippen LogP contribution in [0, 0.1) is 0 Å². The van der Waals surface area contributed by atoms with Crippen LogP contribution in [0.3, 0.4) is 0 Å². The van der Waals surface area contributed by atoms with Crippen LogP contribution in [-0.2, 0) is 9.47 Å². The van der Waals surface area contributed by atoms with Gasteiger partial charge in [0.05, 0.1) is 24.4 Å². The third-order valence-corrected chi connectivity index (χ3v) is 10.8. The van der Waals surface area contributed by atoms with Gasteiger partial charge in [0, 0.05) is 48.3 Å². The quantitative estimate of drug-likeness (QED) is 0.692. The Morgan fingerprint density at radius 1 is 0.300 bits per heavy atom. The average molecular weight is 413 g/mol. The third kappa shape index (κ3) is 2.17. The lowest BCUT2D eigenvalue weighted by Crippen LogP contribution is -2.80. The van der Waals surface area contributed by atoms with E-state index >= 15 is 0 Å². The van der Waals surface area contributed by atoms with Crippen molar-refractivity contribution in [1.82, 2.24) is 20.0 Å². The molecule has 0 aromatic heterocycles. The number of fused-ring (bicyclic) bond motifs is 2. The predicted molar refractivity (Wildman–Crippen MR) is 110 cm³/mol. The monoisotopic (exact) mass is 412 g/mol. The van der Waals surface area contributed by atoms with E-state index < -0.39 is 0 Å². The summed E-state index contributed by atoms with van der Waals surface area (Å²) in [6, 6.07) is 6.36. The molecule has 6 heteroatoms. The minimum atomic E-state index is 0.575. The van der Waals surface area contributed by atoms with Crippen molar-refractivity contribution in [2.24, 2.45) is 0 Å². The standard InChI is InChI=1S/C24H36N4O2/c1-13-2-15-4-16(25(13)27-17-5-21-7-18(27)8-22(6-17)29-21)3-14(1)26(15)28-19-9-23-11-20(28)12-24(10-19)30-23/h13-24H,1-12H2. The van der Waals surface area contributed by atoms with Gasteiger partial charge in [-0.05, 0) is 77.0 Å². The maximum atomic E-state index is 6.24. The van der Waals surface area contributed by atoms with Gasteiger partial charge < -0.3 is 9.47 Å². The van der Waals surface area contributed by atoms with Crippen LogP contribution >= 0.6 is 0 Å². The highest BCUT2D eigenvalue weighted by Crippen LogP contribution is 2.53. The SMILES string of the molecule is C1C2CC3CC(CC1N3N1C3CC4CC1CC(C3)N4N1C3CC4CC1CC(C3)O4)O2. The van der Waals surface area contributed by atoms with Gasteiger partial charge in [-0.2, -0.15) is 0 Å². The Bertz CT molecular complexity index is 615. The first-order chi connectivity index (χ1) is 14.8. The Morgan fingerprint density at radius 2 is 0.500 bits per heavy atom. The van der Waals surface area contributed by atoms with E-state index in [-0.39, 0.29) is 0 Å². The van der Waals surface area contributed by atoms with E-state index in [1.807, 2.05) is 0 Å². The van der Waals surface area contributed by atoms with Gasteiger partial charge in [-0.3, -0.25) is 0 Å². The Hall–Kier alpha value is -0.240. The molecule has 12 bridgehead atoms. The van der Waals surface area contributed by atoms with Crippen LogP contribution in [0.15, 0.2) is 0 Å². The average Bonchev–Trinajstić information content (AvgIpc) is 2.69. The summed E-state index contributed by atoms with van der Waals surface area (Å²) in [7, 11) is 0. The number of piperidine rings is 8. The lowest BCUT2D eigenvalue weighted by Gasteiger charge is -2.70. The lowest BCUT2D eigenvalue weighted by molar-refractivity contribution is -0.323. The van der Waals surface area contributed by atoms with Gasteiger partial charge >= 0.3 is 0 Å². The predicted octanol–water partition coefficient (Wildman–Crippen LogP) is 2.28. The minimum Gasteiger partial charge on any atom is -0.375 e. The van der Waals surface area contributed by atoms with E-state index in [9.17, 15) is 0 Å². The first-order valence-electron chi connectivity index (χ1n) is 13.2. The van der Waals surface area contributed by atoms with Crippen molar-refractivity contribution in [3.63, 3.8) is 0 Å². The van der Waals surface area contributed by atoms with E-state index in [1.165, 1.54) is 77.0 Å². The van der Waals surface area contributed by atoms with E-state index in [0.29, 0.717) is 24.4 Å². The van der Waals surface area contributed by atoms with E-state index in [4.69, 9.17) is 9.47 Å². The van der Waals surface area contributed by atoms with Crippen LogP contribution in [-0.4, -0.2) is 92.8 Å². The zero-order valence-corrected chi connectivity index (χ0v) is 18.0. The van der Waals surface area contributed by atoms with Crippen molar-refractivity contribution in [1.29, 1.82) is 0 Å². The summed E-state index contributed by atoms with van der Waals surface area (Å²) in [5.41, 5.74) is 0. The number of nitrogens with zero attached hydrogens (tertiary/aromatic N) is 4. The molecule has 12 fully saturated rings. The number of hydrogen-bond donors (Lipinski definition) is 0. The molecule has 6 nitrogen and oxygen atoms in total. The zero-order valence-electron chi connectivity index (χ0n) is 18.0. The Kier molecular flexibility index (Phi) is 3.34. The van der Waals surface area contributed by atoms with Crippen LogP contribution in [0.2, 0.25) is 0 Å². The van der Waals surface area contributed by atoms with Crippen molar-refractivity contribution in [3.05, 3.63) is 0 Å². The normalized spacial score (nSPS) is 61.6. The highest BCUT2D eigenvalue weighted by atomic mass is 16.5. The Labute approximate surface area is 179 Å². The van der Waals surface area contributed by atoms with Crippen molar-refractivity contribution >= 4 is 0 Å². The maximum Gasteiger partial charge on any atom is 0.0609 e. The van der Waals surface area contributed by atoms with Crippen molar-refractivity contribution < 1.29 is 9.47 Å². The van der Waals surface area contributed by atoms with Crippen LogP contribution in [0.5, 0.6) is 0 Å². The van der Waals surface area contributed by atoms with Gasteiger partial charge in [0.2, 0.25) is 0 Å². The molecule has 0 radical (unpaired) electrons. The molecule has 164 valence electrons. The third-order valence-electron chi connectivity index (χ3n) is 10.8. The zero-order chi connectivity index (χ0) is 19.1.